The molecule has 2 aromatic rings. The van der Waals surface area contributed by atoms with E-state index in [-0.39, 0.29) is 0 Å². The van der Waals surface area contributed by atoms with Crippen molar-refractivity contribution in [3.8, 4) is 0 Å². The van der Waals surface area contributed by atoms with Crippen LogP contribution in [0, 0.1) is 5.82 Å². The molecule has 20 heavy (non-hydrogen) atoms. The molecule has 0 saturated carbocycles. The van der Waals surface area contributed by atoms with E-state index >= 15 is 0 Å². The minimum atomic E-state index is -4.01. The average Bonchev–Trinajstić information content (AvgIpc) is 2.33. The van der Waals surface area contributed by atoms with E-state index in [1.165, 1.54) is 12.1 Å². The summed E-state index contributed by atoms with van der Waals surface area (Å²) in [6.07, 6.45) is 0. The summed E-state index contributed by atoms with van der Waals surface area (Å²) in [4.78, 5) is -0.414. The van der Waals surface area contributed by atoms with E-state index in [2.05, 4.69) is 52.5 Å². The van der Waals surface area contributed by atoms with Gasteiger partial charge < -0.3 is 0 Å². The van der Waals surface area contributed by atoms with Crippen molar-refractivity contribution in [3.63, 3.8) is 0 Å². The third-order valence-corrected chi connectivity index (χ3v) is 5.58. The first-order chi connectivity index (χ1) is 9.31. The third-order valence-electron chi connectivity index (χ3n) is 2.38. The Morgan fingerprint density at radius 2 is 1.60 bits per heavy atom. The van der Waals surface area contributed by atoms with Gasteiger partial charge in [0.15, 0.2) is 0 Å². The first kappa shape index (κ1) is 15.9. The Kier molecular flexibility index (Phi) is 4.88. The summed E-state index contributed by atoms with van der Waals surface area (Å²) >= 11 is 9.57. The number of hydrogen-bond donors (Lipinski definition) is 1. The Balaban J connectivity index is 2.46. The van der Waals surface area contributed by atoms with Gasteiger partial charge in [0.25, 0.3) is 10.0 Å². The van der Waals surface area contributed by atoms with Gasteiger partial charge in [-0.05, 0) is 62.2 Å². The first-order valence-electron chi connectivity index (χ1n) is 5.23. The van der Waals surface area contributed by atoms with Crippen molar-refractivity contribution in [2.75, 3.05) is 4.72 Å². The lowest BCUT2D eigenvalue weighted by atomic mass is 10.3. The van der Waals surface area contributed by atoms with Crippen LogP contribution in [0.1, 0.15) is 0 Å². The molecule has 0 aliphatic carbocycles. The molecule has 0 bridgehead atoms. The maximum atomic E-state index is 13.8. The topological polar surface area (TPSA) is 46.2 Å². The van der Waals surface area contributed by atoms with Crippen molar-refractivity contribution >= 4 is 63.5 Å². The monoisotopic (exact) mass is 485 g/mol. The molecule has 0 saturated heterocycles. The molecular weight excluding hydrogens is 481 g/mol. The standard InChI is InChI=1S/C12H7Br3FNO2S/c13-7-4-5-11(10(16)6-7)20(18,19)17-12-8(14)2-1-3-9(12)15/h1-6,17H. The van der Waals surface area contributed by atoms with Gasteiger partial charge in [-0.2, -0.15) is 0 Å². The average molecular weight is 488 g/mol. The molecule has 0 heterocycles. The molecule has 0 aromatic heterocycles. The van der Waals surface area contributed by atoms with E-state index in [4.69, 9.17) is 0 Å². The highest BCUT2D eigenvalue weighted by atomic mass is 79.9. The molecular formula is C12H7Br3FNO2S. The van der Waals surface area contributed by atoms with Crippen LogP contribution in [-0.2, 0) is 10.0 Å². The molecule has 0 aliphatic heterocycles. The van der Waals surface area contributed by atoms with Crippen LogP contribution in [-0.4, -0.2) is 8.42 Å². The summed E-state index contributed by atoms with van der Waals surface area (Å²) in [7, 11) is -4.01. The van der Waals surface area contributed by atoms with Gasteiger partial charge in [0.2, 0.25) is 0 Å². The SMILES string of the molecule is O=S(=O)(Nc1c(Br)cccc1Br)c1ccc(Br)cc1F. The van der Waals surface area contributed by atoms with Crippen LogP contribution in [0.3, 0.4) is 0 Å². The maximum absolute atomic E-state index is 13.8. The van der Waals surface area contributed by atoms with Crippen molar-refractivity contribution in [2.45, 2.75) is 4.90 Å². The second kappa shape index (κ2) is 6.13. The highest BCUT2D eigenvalue weighted by Gasteiger charge is 2.21. The maximum Gasteiger partial charge on any atom is 0.264 e. The quantitative estimate of drug-likeness (QED) is 0.668. The molecule has 8 heteroatoms. The molecule has 0 aliphatic rings. The number of hydrogen-bond acceptors (Lipinski definition) is 2. The fourth-order valence-corrected chi connectivity index (χ4v) is 4.43. The van der Waals surface area contributed by atoms with Crippen LogP contribution in [0.25, 0.3) is 0 Å². The van der Waals surface area contributed by atoms with Crippen molar-refractivity contribution in [3.05, 3.63) is 55.6 Å². The number of nitrogens with one attached hydrogen (secondary N) is 1. The molecule has 0 unspecified atom stereocenters. The molecule has 2 rings (SSSR count). The van der Waals surface area contributed by atoms with Gasteiger partial charge >= 0.3 is 0 Å². The van der Waals surface area contributed by atoms with Crippen LogP contribution in [0.5, 0.6) is 0 Å². The summed E-state index contributed by atoms with van der Waals surface area (Å²) in [6.45, 7) is 0. The summed E-state index contributed by atoms with van der Waals surface area (Å²) < 4.78 is 42.2. The van der Waals surface area contributed by atoms with Gasteiger partial charge in [0.1, 0.15) is 10.7 Å². The molecule has 1 N–H and O–H groups in total. The Morgan fingerprint density at radius 3 is 2.15 bits per heavy atom. The lowest BCUT2D eigenvalue weighted by molar-refractivity contribution is 0.570. The second-order valence-corrected chi connectivity index (χ2v) is 8.05. The minimum Gasteiger partial charge on any atom is -0.277 e. The van der Waals surface area contributed by atoms with Crippen LogP contribution in [0.2, 0.25) is 0 Å². The fourth-order valence-electron chi connectivity index (χ4n) is 1.48. The van der Waals surface area contributed by atoms with Gasteiger partial charge in [-0.3, -0.25) is 4.72 Å². The van der Waals surface area contributed by atoms with E-state index in [9.17, 15) is 12.8 Å². The zero-order chi connectivity index (χ0) is 14.9. The third kappa shape index (κ3) is 3.41. The number of benzene rings is 2. The molecule has 0 spiro atoms. The predicted molar refractivity (Wildman–Crippen MR) is 86.8 cm³/mol. The molecule has 2 aromatic carbocycles. The van der Waals surface area contributed by atoms with Crippen LogP contribution >= 0.6 is 47.8 Å². The highest BCUT2D eigenvalue weighted by Crippen LogP contribution is 2.33. The lowest BCUT2D eigenvalue weighted by Gasteiger charge is -2.12. The zero-order valence-electron chi connectivity index (χ0n) is 9.70. The normalized spacial score (nSPS) is 11.4. The van der Waals surface area contributed by atoms with Crippen molar-refractivity contribution in [1.82, 2.24) is 0 Å². The Hall–Kier alpha value is -0.440. The van der Waals surface area contributed by atoms with E-state index in [0.717, 1.165) is 6.07 Å². The second-order valence-electron chi connectivity index (χ2n) is 3.78. The summed E-state index contributed by atoms with van der Waals surface area (Å²) in [5.74, 6) is -0.824. The summed E-state index contributed by atoms with van der Waals surface area (Å²) in [5.41, 5.74) is 0.315. The number of sulfonamides is 1. The van der Waals surface area contributed by atoms with E-state index < -0.39 is 20.7 Å². The summed E-state index contributed by atoms with van der Waals surface area (Å²) in [5, 5.41) is 0. The van der Waals surface area contributed by atoms with Gasteiger partial charge in [-0.1, -0.05) is 22.0 Å². The van der Waals surface area contributed by atoms with E-state index in [1.807, 2.05) is 0 Å². The van der Waals surface area contributed by atoms with Gasteiger partial charge in [0.05, 0.1) is 5.69 Å². The molecule has 106 valence electrons. The number of rotatable bonds is 3. The predicted octanol–water partition coefficient (Wildman–Crippen LogP) is 4.91. The molecule has 0 fully saturated rings. The van der Waals surface area contributed by atoms with E-state index in [0.29, 0.717) is 19.1 Å². The Morgan fingerprint density at radius 1 is 1.00 bits per heavy atom. The fraction of sp³-hybridized carbons (Fsp3) is 0. The van der Waals surface area contributed by atoms with Gasteiger partial charge in [-0.15, -0.1) is 0 Å². The summed E-state index contributed by atoms with van der Waals surface area (Å²) in [6, 6.07) is 8.87. The number of anilines is 1. The largest absolute Gasteiger partial charge is 0.277 e. The smallest absolute Gasteiger partial charge is 0.264 e. The van der Waals surface area contributed by atoms with Crippen LogP contribution < -0.4 is 4.72 Å². The van der Waals surface area contributed by atoms with Crippen molar-refractivity contribution in [2.24, 2.45) is 0 Å². The number of halogens is 4. The Bertz CT molecular complexity index is 745. The minimum absolute atomic E-state index is 0.315. The molecule has 0 atom stereocenters. The Labute approximate surface area is 141 Å². The lowest BCUT2D eigenvalue weighted by Crippen LogP contribution is -2.15. The number of para-hydroxylation sites is 1. The van der Waals surface area contributed by atoms with Crippen LogP contribution in [0.4, 0.5) is 10.1 Å². The van der Waals surface area contributed by atoms with Crippen molar-refractivity contribution < 1.29 is 12.8 Å². The highest BCUT2D eigenvalue weighted by molar-refractivity contribution is 9.11. The first-order valence-corrected chi connectivity index (χ1v) is 9.09. The zero-order valence-corrected chi connectivity index (χ0v) is 15.3. The molecule has 0 radical (unpaired) electrons. The van der Waals surface area contributed by atoms with Gasteiger partial charge in [-0.25, -0.2) is 12.8 Å². The van der Waals surface area contributed by atoms with E-state index in [1.54, 1.807) is 18.2 Å². The molecule has 3 nitrogen and oxygen atoms in total. The molecule has 0 amide bonds. The van der Waals surface area contributed by atoms with Crippen molar-refractivity contribution in [1.29, 1.82) is 0 Å². The van der Waals surface area contributed by atoms with Gasteiger partial charge in [0, 0.05) is 13.4 Å². The van der Waals surface area contributed by atoms with Crippen LogP contribution in [0.15, 0.2) is 54.7 Å².